The maximum absolute atomic E-state index is 12.6. The lowest BCUT2D eigenvalue weighted by molar-refractivity contribution is 0.222. The summed E-state index contributed by atoms with van der Waals surface area (Å²) in [6, 6.07) is 10.5. The Balaban J connectivity index is 1.74. The fraction of sp³-hybridized carbons (Fsp3) is 0.312. The summed E-state index contributed by atoms with van der Waals surface area (Å²) in [4.78, 5) is 6.53. The van der Waals surface area contributed by atoms with E-state index in [1.807, 2.05) is 19.2 Å². The van der Waals surface area contributed by atoms with Gasteiger partial charge >= 0.3 is 0 Å². The van der Waals surface area contributed by atoms with Crippen molar-refractivity contribution in [1.29, 1.82) is 0 Å². The maximum atomic E-state index is 12.6. The minimum Gasteiger partial charge on any atom is -0.340 e. The van der Waals surface area contributed by atoms with Crippen LogP contribution in [0.15, 0.2) is 47.5 Å². The van der Waals surface area contributed by atoms with Gasteiger partial charge in [-0.25, -0.2) is 13.4 Å². The summed E-state index contributed by atoms with van der Waals surface area (Å²) in [6.07, 6.45) is 1.39. The highest BCUT2D eigenvalue weighted by molar-refractivity contribution is 7.89. The van der Waals surface area contributed by atoms with E-state index in [-0.39, 0.29) is 4.90 Å². The van der Waals surface area contributed by atoms with Gasteiger partial charge in [-0.2, -0.15) is 4.31 Å². The minimum absolute atomic E-state index is 0.212. The Morgan fingerprint density at radius 1 is 1.12 bits per heavy atom. The van der Waals surface area contributed by atoms with E-state index in [0.717, 1.165) is 18.8 Å². The van der Waals surface area contributed by atoms with Gasteiger partial charge in [0.15, 0.2) is 0 Å². The predicted molar refractivity (Wildman–Crippen MR) is 95.2 cm³/mol. The number of sulfonamides is 1. The van der Waals surface area contributed by atoms with Crippen molar-refractivity contribution in [3.8, 4) is 0 Å². The Kier molecular flexibility index (Phi) is 5.05. The summed E-state index contributed by atoms with van der Waals surface area (Å²) in [5.74, 6) is 0.564. The Morgan fingerprint density at radius 3 is 2.50 bits per heavy atom. The first-order chi connectivity index (χ1) is 11.4. The van der Waals surface area contributed by atoms with Crippen molar-refractivity contribution in [1.82, 2.24) is 14.2 Å². The Labute approximate surface area is 147 Å². The fourth-order valence-electron chi connectivity index (χ4n) is 2.50. The number of likely N-dealkylation sites (N-methyl/N-ethyl adjacent to an activating group) is 1. The fourth-order valence-corrected chi connectivity index (χ4v) is 4.06. The van der Waals surface area contributed by atoms with Gasteiger partial charge in [-0.05, 0) is 37.4 Å². The SMILES string of the molecule is CN1CCN(S(=O)(=O)c2ccc(Nc3cccc(Cl)c3)nc2)CC1. The molecule has 0 saturated carbocycles. The predicted octanol–water partition coefficient (Wildman–Crippen LogP) is 2.41. The molecule has 1 aliphatic heterocycles. The number of piperazine rings is 1. The van der Waals surface area contributed by atoms with Crippen LogP contribution in [-0.4, -0.2) is 55.8 Å². The third-order valence-electron chi connectivity index (χ3n) is 3.93. The first kappa shape index (κ1) is 17.2. The summed E-state index contributed by atoms with van der Waals surface area (Å²) in [5, 5.41) is 3.72. The molecule has 3 rings (SSSR count). The van der Waals surface area contributed by atoms with E-state index in [4.69, 9.17) is 11.6 Å². The van der Waals surface area contributed by atoms with E-state index < -0.39 is 10.0 Å². The van der Waals surface area contributed by atoms with Crippen LogP contribution in [0.3, 0.4) is 0 Å². The molecular weight excluding hydrogens is 348 g/mol. The summed E-state index contributed by atoms with van der Waals surface area (Å²) in [5.41, 5.74) is 0.796. The quantitative estimate of drug-likeness (QED) is 0.900. The van der Waals surface area contributed by atoms with Gasteiger partial charge in [0.25, 0.3) is 0 Å². The molecular formula is C16H19ClN4O2S. The highest BCUT2D eigenvalue weighted by Crippen LogP contribution is 2.21. The number of rotatable bonds is 4. The van der Waals surface area contributed by atoms with Crippen LogP contribution in [0.1, 0.15) is 0 Å². The number of anilines is 2. The molecule has 6 nitrogen and oxygen atoms in total. The highest BCUT2D eigenvalue weighted by atomic mass is 35.5. The minimum atomic E-state index is -3.49. The third-order valence-corrected chi connectivity index (χ3v) is 6.05. The topological polar surface area (TPSA) is 65.5 Å². The number of hydrogen-bond acceptors (Lipinski definition) is 5. The number of halogens is 1. The van der Waals surface area contributed by atoms with Crippen molar-refractivity contribution in [3.63, 3.8) is 0 Å². The number of nitrogens with zero attached hydrogens (tertiary/aromatic N) is 3. The van der Waals surface area contributed by atoms with E-state index in [0.29, 0.717) is 23.9 Å². The van der Waals surface area contributed by atoms with Crippen molar-refractivity contribution >= 4 is 33.1 Å². The van der Waals surface area contributed by atoms with Crippen LogP contribution in [0.5, 0.6) is 0 Å². The van der Waals surface area contributed by atoms with Gasteiger partial charge in [-0.1, -0.05) is 17.7 Å². The zero-order chi connectivity index (χ0) is 17.2. The lowest BCUT2D eigenvalue weighted by Gasteiger charge is -2.31. The van der Waals surface area contributed by atoms with Crippen LogP contribution in [0.2, 0.25) is 5.02 Å². The molecule has 24 heavy (non-hydrogen) atoms. The van der Waals surface area contributed by atoms with Crippen molar-refractivity contribution < 1.29 is 8.42 Å². The van der Waals surface area contributed by atoms with Gasteiger partial charge in [0.1, 0.15) is 10.7 Å². The summed E-state index contributed by atoms with van der Waals surface area (Å²) >= 11 is 5.94. The molecule has 0 bridgehead atoms. The first-order valence-electron chi connectivity index (χ1n) is 7.62. The number of benzene rings is 1. The zero-order valence-corrected chi connectivity index (χ0v) is 14.9. The van der Waals surface area contributed by atoms with Gasteiger partial charge in [0, 0.05) is 43.1 Å². The second-order valence-corrected chi connectivity index (χ2v) is 8.10. The molecule has 1 saturated heterocycles. The van der Waals surface area contributed by atoms with Crippen LogP contribution < -0.4 is 5.32 Å². The first-order valence-corrected chi connectivity index (χ1v) is 9.44. The number of pyridine rings is 1. The summed E-state index contributed by atoms with van der Waals surface area (Å²) in [7, 11) is -1.50. The van der Waals surface area contributed by atoms with Crippen molar-refractivity contribution in [2.75, 3.05) is 38.5 Å². The van der Waals surface area contributed by atoms with Crippen LogP contribution in [0.4, 0.5) is 11.5 Å². The molecule has 1 aliphatic rings. The molecule has 0 unspecified atom stereocenters. The van der Waals surface area contributed by atoms with Crippen molar-refractivity contribution in [2.45, 2.75) is 4.90 Å². The molecule has 0 aliphatic carbocycles. The molecule has 1 N–H and O–H groups in total. The molecule has 0 amide bonds. The molecule has 2 aromatic rings. The van der Waals surface area contributed by atoms with Crippen LogP contribution in [0, 0.1) is 0 Å². The van der Waals surface area contributed by atoms with E-state index in [9.17, 15) is 8.42 Å². The summed E-state index contributed by atoms with van der Waals surface area (Å²) < 4.78 is 26.8. The number of aromatic nitrogens is 1. The van der Waals surface area contributed by atoms with E-state index in [2.05, 4.69) is 15.2 Å². The monoisotopic (exact) mass is 366 g/mol. The Hall–Kier alpha value is -1.67. The van der Waals surface area contributed by atoms with Crippen molar-refractivity contribution in [2.24, 2.45) is 0 Å². The number of hydrogen-bond donors (Lipinski definition) is 1. The second kappa shape index (κ2) is 7.06. The average Bonchev–Trinajstić information content (AvgIpc) is 2.56. The molecule has 8 heteroatoms. The molecule has 0 radical (unpaired) electrons. The maximum Gasteiger partial charge on any atom is 0.244 e. The van der Waals surface area contributed by atoms with Crippen molar-refractivity contribution in [3.05, 3.63) is 47.6 Å². The number of nitrogens with one attached hydrogen (secondary N) is 1. The van der Waals surface area contributed by atoms with Gasteiger partial charge in [-0.3, -0.25) is 0 Å². The van der Waals surface area contributed by atoms with E-state index >= 15 is 0 Å². The van der Waals surface area contributed by atoms with Gasteiger partial charge in [-0.15, -0.1) is 0 Å². The Morgan fingerprint density at radius 2 is 1.88 bits per heavy atom. The van der Waals surface area contributed by atoms with E-state index in [1.54, 1.807) is 24.3 Å². The smallest absolute Gasteiger partial charge is 0.244 e. The Bertz CT molecular complexity index is 803. The van der Waals surface area contributed by atoms with Crippen LogP contribution in [-0.2, 0) is 10.0 Å². The molecule has 1 aromatic carbocycles. The normalized spacial score (nSPS) is 16.9. The molecule has 0 atom stereocenters. The molecule has 128 valence electrons. The highest BCUT2D eigenvalue weighted by Gasteiger charge is 2.27. The van der Waals surface area contributed by atoms with Crippen LogP contribution in [0.25, 0.3) is 0 Å². The van der Waals surface area contributed by atoms with Crippen LogP contribution >= 0.6 is 11.6 Å². The lowest BCUT2D eigenvalue weighted by atomic mass is 10.3. The molecule has 1 aromatic heterocycles. The average molecular weight is 367 g/mol. The summed E-state index contributed by atoms with van der Waals surface area (Å²) in [6.45, 7) is 2.48. The molecule has 2 heterocycles. The third kappa shape index (κ3) is 3.87. The van der Waals surface area contributed by atoms with Gasteiger partial charge in [0.05, 0.1) is 0 Å². The lowest BCUT2D eigenvalue weighted by Crippen LogP contribution is -2.47. The second-order valence-electron chi connectivity index (χ2n) is 5.72. The largest absolute Gasteiger partial charge is 0.340 e. The zero-order valence-electron chi connectivity index (χ0n) is 13.3. The molecule has 1 fully saturated rings. The van der Waals surface area contributed by atoms with E-state index in [1.165, 1.54) is 10.5 Å². The standard InChI is InChI=1S/C16H19ClN4O2S/c1-20-7-9-21(10-8-20)24(22,23)15-5-6-16(18-12-15)19-14-4-2-3-13(17)11-14/h2-6,11-12H,7-10H2,1H3,(H,18,19). The van der Waals surface area contributed by atoms with Gasteiger partial charge in [0.2, 0.25) is 10.0 Å². The molecule has 0 spiro atoms. The van der Waals surface area contributed by atoms with Gasteiger partial charge < -0.3 is 10.2 Å².